The van der Waals surface area contributed by atoms with Crippen molar-refractivity contribution in [3.63, 3.8) is 0 Å². The maximum absolute atomic E-state index is 10.7. The molecule has 4 aromatic heterocycles. The molecule has 0 aliphatic heterocycles. The van der Waals surface area contributed by atoms with Gasteiger partial charge in [0.05, 0.1) is 12.1 Å². The Morgan fingerprint density at radius 1 is 1.14 bits per heavy atom. The summed E-state index contributed by atoms with van der Waals surface area (Å²) in [5.41, 5.74) is 3.07. The third kappa shape index (κ3) is 3.76. The Hall–Kier alpha value is -3.16. The molecule has 142 valence electrons. The van der Waals surface area contributed by atoms with Gasteiger partial charge in [0.25, 0.3) is 0 Å². The van der Waals surface area contributed by atoms with Crippen molar-refractivity contribution in [2.75, 3.05) is 12.4 Å². The standard InChI is InChI=1S/C20H18ClN5O2/c1-28-18-5-2-12(8-24-18)7-22-17-4-3-13(9-23-17)19(27)16-11-26-20-15(16)6-14(21)10-25-20/h2-6,8-11,19,27H,7H2,1H3,(H,22,23)(H,25,26). The van der Waals surface area contributed by atoms with Crippen LogP contribution >= 0.6 is 11.6 Å². The smallest absolute Gasteiger partial charge is 0.212 e. The number of anilines is 1. The van der Waals surface area contributed by atoms with Crippen molar-refractivity contribution >= 4 is 28.5 Å². The minimum absolute atomic E-state index is 0.520. The number of fused-ring (bicyclic) bond motifs is 1. The summed E-state index contributed by atoms with van der Waals surface area (Å²) in [5, 5.41) is 15.3. The zero-order chi connectivity index (χ0) is 19.5. The molecule has 0 fully saturated rings. The van der Waals surface area contributed by atoms with Crippen LogP contribution in [0.5, 0.6) is 5.88 Å². The minimum Gasteiger partial charge on any atom is -0.481 e. The van der Waals surface area contributed by atoms with Crippen LogP contribution in [0.1, 0.15) is 22.8 Å². The van der Waals surface area contributed by atoms with Gasteiger partial charge in [-0.1, -0.05) is 23.7 Å². The average molecular weight is 396 g/mol. The van der Waals surface area contributed by atoms with Crippen LogP contribution in [-0.2, 0) is 6.54 Å². The number of H-pyrrole nitrogens is 1. The lowest BCUT2D eigenvalue weighted by Crippen LogP contribution is -2.04. The number of nitrogens with zero attached hydrogens (tertiary/aromatic N) is 3. The van der Waals surface area contributed by atoms with E-state index in [4.69, 9.17) is 16.3 Å². The number of nitrogens with one attached hydrogen (secondary N) is 2. The molecule has 0 aromatic carbocycles. The van der Waals surface area contributed by atoms with E-state index < -0.39 is 6.10 Å². The van der Waals surface area contributed by atoms with Crippen LogP contribution in [0.3, 0.4) is 0 Å². The first-order valence-electron chi connectivity index (χ1n) is 8.63. The van der Waals surface area contributed by atoms with Crippen LogP contribution in [0.25, 0.3) is 11.0 Å². The maximum Gasteiger partial charge on any atom is 0.212 e. The van der Waals surface area contributed by atoms with E-state index in [1.165, 1.54) is 0 Å². The van der Waals surface area contributed by atoms with Crippen molar-refractivity contribution in [3.05, 3.63) is 76.8 Å². The van der Waals surface area contributed by atoms with Crippen molar-refractivity contribution in [1.29, 1.82) is 0 Å². The SMILES string of the molecule is COc1ccc(CNc2ccc(C(O)c3c[nH]c4ncc(Cl)cc34)cn2)cn1. The van der Waals surface area contributed by atoms with Crippen LogP contribution in [-0.4, -0.2) is 32.2 Å². The molecule has 0 amide bonds. The van der Waals surface area contributed by atoms with Crippen molar-refractivity contribution in [1.82, 2.24) is 19.9 Å². The van der Waals surface area contributed by atoms with Gasteiger partial charge in [0, 0.05) is 53.9 Å². The van der Waals surface area contributed by atoms with Gasteiger partial charge in [-0.2, -0.15) is 0 Å². The fraction of sp³-hybridized carbons (Fsp3) is 0.150. The van der Waals surface area contributed by atoms with Crippen molar-refractivity contribution < 1.29 is 9.84 Å². The highest BCUT2D eigenvalue weighted by Crippen LogP contribution is 2.29. The first-order valence-corrected chi connectivity index (χ1v) is 9.01. The number of hydrogen-bond donors (Lipinski definition) is 3. The predicted octanol–water partition coefficient (Wildman–Crippen LogP) is 3.71. The summed E-state index contributed by atoms with van der Waals surface area (Å²) >= 11 is 6.03. The van der Waals surface area contributed by atoms with Crippen molar-refractivity contribution in [2.24, 2.45) is 0 Å². The van der Waals surface area contributed by atoms with Gasteiger partial charge in [-0.05, 0) is 17.7 Å². The molecule has 28 heavy (non-hydrogen) atoms. The summed E-state index contributed by atoms with van der Waals surface area (Å²) in [7, 11) is 1.58. The van der Waals surface area contributed by atoms with Gasteiger partial charge in [-0.15, -0.1) is 0 Å². The van der Waals surface area contributed by atoms with E-state index in [2.05, 4.69) is 25.3 Å². The van der Waals surface area contributed by atoms with E-state index in [0.29, 0.717) is 40.0 Å². The average Bonchev–Trinajstić information content (AvgIpc) is 3.15. The Morgan fingerprint density at radius 3 is 2.75 bits per heavy atom. The molecule has 0 radical (unpaired) electrons. The van der Waals surface area contributed by atoms with E-state index in [-0.39, 0.29) is 0 Å². The summed E-state index contributed by atoms with van der Waals surface area (Å²) in [6.45, 7) is 0.582. The molecule has 0 bridgehead atoms. The predicted molar refractivity (Wildman–Crippen MR) is 108 cm³/mol. The van der Waals surface area contributed by atoms with Crippen LogP contribution in [0, 0.1) is 0 Å². The van der Waals surface area contributed by atoms with Crippen LogP contribution < -0.4 is 10.1 Å². The topological polar surface area (TPSA) is 95.9 Å². The molecule has 0 saturated heterocycles. The van der Waals surface area contributed by atoms with E-state index in [1.54, 1.807) is 38.0 Å². The number of pyridine rings is 3. The Kier molecular flexibility index (Phi) is 5.10. The number of aliphatic hydroxyl groups excluding tert-OH is 1. The number of aliphatic hydroxyl groups is 1. The molecule has 0 saturated carbocycles. The zero-order valence-corrected chi connectivity index (χ0v) is 15.8. The first-order chi connectivity index (χ1) is 13.6. The third-order valence-corrected chi connectivity index (χ3v) is 4.61. The molecule has 4 aromatic rings. The zero-order valence-electron chi connectivity index (χ0n) is 15.1. The number of aromatic amines is 1. The number of methoxy groups -OCH3 is 1. The Bertz CT molecular complexity index is 1080. The highest BCUT2D eigenvalue weighted by Gasteiger charge is 2.16. The summed E-state index contributed by atoms with van der Waals surface area (Å²) < 4.78 is 5.05. The van der Waals surface area contributed by atoms with Crippen molar-refractivity contribution in [2.45, 2.75) is 12.6 Å². The Balaban J connectivity index is 1.46. The highest BCUT2D eigenvalue weighted by atomic mass is 35.5. The second kappa shape index (κ2) is 7.84. The van der Waals surface area contributed by atoms with Gasteiger partial charge in [-0.25, -0.2) is 15.0 Å². The molecule has 7 nitrogen and oxygen atoms in total. The molecule has 8 heteroatoms. The number of halogens is 1. The molecule has 0 spiro atoms. The summed E-state index contributed by atoms with van der Waals surface area (Å²) in [4.78, 5) is 15.8. The number of hydrogen-bond acceptors (Lipinski definition) is 6. The maximum atomic E-state index is 10.7. The van der Waals surface area contributed by atoms with E-state index in [1.807, 2.05) is 24.3 Å². The summed E-state index contributed by atoms with van der Waals surface area (Å²) in [5.74, 6) is 1.28. The van der Waals surface area contributed by atoms with Gasteiger partial charge in [0.15, 0.2) is 0 Å². The largest absolute Gasteiger partial charge is 0.481 e. The first kappa shape index (κ1) is 18.2. The Labute approximate surface area is 166 Å². The molecule has 1 atom stereocenters. The van der Waals surface area contributed by atoms with Crippen LogP contribution in [0.4, 0.5) is 5.82 Å². The molecule has 4 rings (SSSR count). The fourth-order valence-electron chi connectivity index (χ4n) is 2.90. The molecular weight excluding hydrogens is 378 g/mol. The quantitative estimate of drug-likeness (QED) is 0.460. The normalized spacial score (nSPS) is 12.1. The van der Waals surface area contributed by atoms with E-state index in [0.717, 1.165) is 10.9 Å². The third-order valence-electron chi connectivity index (χ3n) is 4.41. The second-order valence-electron chi connectivity index (χ2n) is 6.24. The van der Waals surface area contributed by atoms with Gasteiger partial charge in [0.1, 0.15) is 17.6 Å². The molecule has 0 aliphatic carbocycles. The van der Waals surface area contributed by atoms with Gasteiger partial charge >= 0.3 is 0 Å². The summed E-state index contributed by atoms with van der Waals surface area (Å²) in [6, 6.07) is 9.20. The number of rotatable bonds is 6. The lowest BCUT2D eigenvalue weighted by molar-refractivity contribution is 0.221. The lowest BCUT2D eigenvalue weighted by atomic mass is 10.0. The second-order valence-corrected chi connectivity index (χ2v) is 6.67. The van der Waals surface area contributed by atoms with Crippen molar-refractivity contribution in [3.8, 4) is 5.88 Å². The lowest BCUT2D eigenvalue weighted by Gasteiger charge is -2.11. The number of ether oxygens (including phenoxy) is 1. The van der Waals surface area contributed by atoms with Gasteiger partial charge in [0.2, 0.25) is 5.88 Å². The highest BCUT2D eigenvalue weighted by molar-refractivity contribution is 6.31. The molecular formula is C20H18ClN5O2. The van der Waals surface area contributed by atoms with Crippen LogP contribution in [0.2, 0.25) is 5.02 Å². The minimum atomic E-state index is -0.832. The number of aromatic nitrogens is 4. The fourth-order valence-corrected chi connectivity index (χ4v) is 3.06. The summed E-state index contributed by atoms with van der Waals surface area (Å²) in [6.07, 6.45) is 5.87. The monoisotopic (exact) mass is 395 g/mol. The Morgan fingerprint density at radius 2 is 2.04 bits per heavy atom. The molecule has 0 aliphatic rings. The molecule has 4 heterocycles. The van der Waals surface area contributed by atoms with E-state index in [9.17, 15) is 5.11 Å². The van der Waals surface area contributed by atoms with Gasteiger partial charge in [-0.3, -0.25) is 0 Å². The van der Waals surface area contributed by atoms with Crippen LogP contribution in [0.15, 0.2) is 55.1 Å². The molecule has 1 unspecified atom stereocenters. The van der Waals surface area contributed by atoms with Gasteiger partial charge < -0.3 is 20.1 Å². The molecule has 3 N–H and O–H groups in total. The van der Waals surface area contributed by atoms with E-state index >= 15 is 0 Å².